The molecular formula is C57H88O24. The Kier molecular flexibility index (Phi) is 18.4. The Bertz CT molecular complexity index is 2410. The Labute approximate surface area is 471 Å². The molecule has 81 heavy (non-hydrogen) atoms. The molecular weight excluding hydrogens is 1070 g/mol. The average molecular weight is 1160 g/mol. The van der Waals surface area contributed by atoms with Crippen LogP contribution in [0, 0.1) is 50.2 Å². The van der Waals surface area contributed by atoms with Crippen LogP contribution in [0.15, 0.2) is 34.9 Å². The highest BCUT2D eigenvalue weighted by Crippen LogP contribution is 2.76. The first-order chi connectivity index (χ1) is 37.9. The summed E-state index contributed by atoms with van der Waals surface area (Å²) in [6.07, 6.45) is -25.7. The number of carboxylic acids is 1. The predicted molar refractivity (Wildman–Crippen MR) is 278 cm³/mol. The summed E-state index contributed by atoms with van der Waals surface area (Å²) >= 11 is 0. The van der Waals surface area contributed by atoms with Crippen LogP contribution in [0.5, 0.6) is 0 Å². The standard InChI is InChI=1S/C57H88O24/c1-11-24(3)47(72)80-44-45(81-48(73)25(4)12-2)57(23-61)27(19-52(44,5)6)26-13-14-31-53(7)17-16-32(54(8,22-60)30(53)15-18-55(31,9)56(26,10)42(68)43(57)69)76-51-41(79-50-37(66)35(64)33(62)28(20-58)74-50)39(38(67)40(78-51)46(70)71)77-49-36(65)34(63)29(21-59)75-49/h11-13,27-45,49-51,58-69H,14-23H2,1-10H3,(H,70,71)/b24-11-,25-12-/t27?,28?,29-,30?,31?,32-,33-,34?,35+,36-,37?,38-,39+,40?,41?,42-,43+,44-,45-,49-,50-,51+,53-,54+,55+,56-,57-/m0/s1. The molecule has 5 aliphatic carbocycles. The van der Waals surface area contributed by atoms with Crippen LogP contribution < -0.4 is 0 Å². The van der Waals surface area contributed by atoms with Crippen molar-refractivity contribution in [3.05, 3.63) is 34.9 Å². The van der Waals surface area contributed by atoms with Crippen LogP contribution in [0.2, 0.25) is 0 Å². The molecule has 4 saturated carbocycles. The molecule has 13 N–H and O–H groups in total. The highest BCUT2D eigenvalue weighted by atomic mass is 16.8. The molecule has 8 unspecified atom stereocenters. The molecule has 24 nitrogen and oxygen atoms in total. The van der Waals surface area contributed by atoms with E-state index in [1.165, 1.54) is 0 Å². The van der Waals surface area contributed by atoms with E-state index in [2.05, 4.69) is 19.9 Å². The van der Waals surface area contributed by atoms with Crippen LogP contribution >= 0.6 is 0 Å². The quantitative estimate of drug-likeness (QED) is 0.0415. The lowest BCUT2D eigenvalue weighted by Crippen LogP contribution is -2.76. The SMILES string of the molecule is C/C=C(/C)C(=O)O[C@H]1[C@H](OC(=O)/C(C)=C\C)[C@@]2(CO)C(CC1(C)C)C1=CCC3[C@@]4(C)CC[C@H](O[C@@H]5OC(C(=O)O)[C@@H](O)[C@@H](O[C@@H]6O[C@@H](CO)C(O)[C@@H]6O)C5O[C@@H]5OC(CO)[C@H](O)[C@@H](O)C5O)[C@](C)(CO)C4CC[C@@]3(C)[C@]1(C)[C@@H](O)[C@H]2O. The van der Waals surface area contributed by atoms with Crippen molar-refractivity contribution in [2.75, 3.05) is 26.4 Å². The van der Waals surface area contributed by atoms with E-state index in [0.717, 1.165) is 5.57 Å². The number of aliphatic hydroxyl groups excluding tert-OH is 12. The number of rotatable bonds is 15. The van der Waals surface area contributed by atoms with Gasteiger partial charge in [-0.2, -0.15) is 0 Å². The first kappa shape index (κ1) is 63.9. The van der Waals surface area contributed by atoms with Gasteiger partial charge >= 0.3 is 17.9 Å². The second-order valence-electron chi connectivity index (χ2n) is 25.9. The lowest BCUT2D eigenvalue weighted by molar-refractivity contribution is -0.387. The molecule has 27 atom stereocenters. The zero-order chi connectivity index (χ0) is 60.0. The van der Waals surface area contributed by atoms with E-state index in [0.29, 0.717) is 31.3 Å². The Morgan fingerprint density at radius 1 is 0.630 bits per heavy atom. The summed E-state index contributed by atoms with van der Waals surface area (Å²) in [6.45, 7) is 15.3. The summed E-state index contributed by atoms with van der Waals surface area (Å²) < 4.78 is 48.8. The number of hydrogen-bond donors (Lipinski definition) is 13. The third kappa shape index (κ3) is 9.98. The second kappa shape index (κ2) is 23.3. The van der Waals surface area contributed by atoms with Gasteiger partial charge in [-0.15, -0.1) is 0 Å². The summed E-state index contributed by atoms with van der Waals surface area (Å²) in [6, 6.07) is 0. The maximum Gasteiger partial charge on any atom is 0.335 e. The van der Waals surface area contributed by atoms with Gasteiger partial charge in [0.25, 0.3) is 0 Å². The molecule has 0 aromatic rings. The molecule has 0 aromatic heterocycles. The fourth-order valence-corrected chi connectivity index (χ4v) is 16.2. The van der Waals surface area contributed by atoms with Gasteiger partial charge in [0.1, 0.15) is 67.1 Å². The van der Waals surface area contributed by atoms with Crippen molar-refractivity contribution >= 4 is 17.9 Å². The van der Waals surface area contributed by atoms with E-state index in [-0.39, 0.29) is 24.3 Å². The number of aliphatic carboxylic acids is 1. The number of hydrogen-bond acceptors (Lipinski definition) is 23. The normalized spacial score (nSPS) is 49.8. The minimum atomic E-state index is -2.18. The number of ether oxygens (including phenoxy) is 8. The maximum atomic E-state index is 13.9. The zero-order valence-electron chi connectivity index (χ0n) is 47.8. The molecule has 0 aromatic carbocycles. The molecule has 0 amide bonds. The summed E-state index contributed by atoms with van der Waals surface area (Å²) in [7, 11) is 0. The number of carbonyl (C=O) groups is 3. The average Bonchev–Trinajstić information content (AvgIpc) is 1.99. The first-order valence-electron chi connectivity index (χ1n) is 28.3. The molecule has 0 bridgehead atoms. The van der Waals surface area contributed by atoms with Gasteiger partial charge in [-0.05, 0) is 94.8 Å². The van der Waals surface area contributed by atoms with Gasteiger partial charge in [-0.3, -0.25) is 0 Å². The number of allylic oxidation sites excluding steroid dienone is 3. The van der Waals surface area contributed by atoms with Crippen molar-refractivity contribution in [1.82, 2.24) is 0 Å². The monoisotopic (exact) mass is 1160 g/mol. The second-order valence-corrected chi connectivity index (χ2v) is 25.9. The zero-order valence-corrected chi connectivity index (χ0v) is 47.8. The van der Waals surface area contributed by atoms with Crippen molar-refractivity contribution in [2.24, 2.45) is 50.2 Å². The Balaban J connectivity index is 1.15. The van der Waals surface area contributed by atoms with E-state index in [1.54, 1.807) is 39.8 Å². The van der Waals surface area contributed by atoms with E-state index < -0.39 is 205 Å². The highest BCUT2D eigenvalue weighted by Gasteiger charge is 2.77. The van der Waals surface area contributed by atoms with E-state index >= 15 is 0 Å². The maximum absolute atomic E-state index is 13.9. The van der Waals surface area contributed by atoms with E-state index in [9.17, 15) is 80.8 Å². The highest BCUT2D eigenvalue weighted by molar-refractivity contribution is 5.89. The van der Waals surface area contributed by atoms with Gasteiger partial charge in [0, 0.05) is 27.4 Å². The largest absolute Gasteiger partial charge is 0.479 e. The molecule has 7 fully saturated rings. The van der Waals surface area contributed by atoms with E-state index in [4.69, 9.17) is 37.9 Å². The number of carbonyl (C=O) groups excluding carboxylic acids is 2. The fraction of sp³-hybridized carbons (Fsp3) is 0.842. The first-order valence-corrected chi connectivity index (χ1v) is 28.3. The molecule has 8 aliphatic rings. The molecule has 0 spiro atoms. The minimum Gasteiger partial charge on any atom is -0.479 e. The van der Waals surface area contributed by atoms with Crippen LogP contribution in [0.4, 0.5) is 0 Å². The predicted octanol–water partition coefficient (Wildman–Crippen LogP) is -0.765. The van der Waals surface area contributed by atoms with Crippen LogP contribution in [-0.2, 0) is 52.3 Å². The fourth-order valence-electron chi connectivity index (χ4n) is 16.2. The Morgan fingerprint density at radius 3 is 1.70 bits per heavy atom. The van der Waals surface area contributed by atoms with Gasteiger partial charge in [-0.25, -0.2) is 14.4 Å². The summed E-state index contributed by atoms with van der Waals surface area (Å²) in [5.41, 5.74) is -5.25. The molecule has 0 radical (unpaired) electrons. The summed E-state index contributed by atoms with van der Waals surface area (Å²) in [5.74, 6) is -4.48. The number of aliphatic hydroxyl groups is 12. The lowest BCUT2D eigenvalue weighted by atomic mass is 9.32. The molecule has 3 saturated heterocycles. The van der Waals surface area contributed by atoms with Gasteiger partial charge in [0.05, 0.1) is 50.2 Å². The van der Waals surface area contributed by atoms with Crippen LogP contribution in [0.25, 0.3) is 0 Å². The molecule has 8 rings (SSSR count). The topological polar surface area (TPSA) is 388 Å². The third-order valence-electron chi connectivity index (χ3n) is 21.5. The number of fused-ring (bicyclic) bond motifs is 7. The van der Waals surface area contributed by atoms with Crippen molar-refractivity contribution in [3.8, 4) is 0 Å². The van der Waals surface area contributed by atoms with Crippen LogP contribution in [0.3, 0.4) is 0 Å². The smallest absolute Gasteiger partial charge is 0.335 e. The van der Waals surface area contributed by atoms with Gasteiger partial charge in [0.2, 0.25) is 0 Å². The minimum absolute atomic E-state index is 0.165. The van der Waals surface area contributed by atoms with Crippen molar-refractivity contribution in [2.45, 2.75) is 224 Å². The summed E-state index contributed by atoms with van der Waals surface area (Å²) in [5, 5.41) is 146. The third-order valence-corrected chi connectivity index (χ3v) is 21.5. The van der Waals surface area contributed by atoms with Gasteiger partial charge in [-0.1, -0.05) is 65.3 Å². The van der Waals surface area contributed by atoms with Gasteiger partial charge < -0.3 is 104 Å². The molecule has 460 valence electrons. The van der Waals surface area contributed by atoms with E-state index in [1.807, 2.05) is 27.7 Å². The van der Waals surface area contributed by atoms with Crippen LogP contribution in [0.1, 0.15) is 108 Å². The van der Waals surface area contributed by atoms with Crippen molar-refractivity contribution in [1.29, 1.82) is 0 Å². The van der Waals surface area contributed by atoms with Crippen LogP contribution in [-0.4, -0.2) is 227 Å². The number of esters is 2. The molecule has 3 aliphatic heterocycles. The summed E-state index contributed by atoms with van der Waals surface area (Å²) in [4.78, 5) is 40.4. The Hall–Kier alpha value is -3.09. The van der Waals surface area contributed by atoms with Crippen molar-refractivity contribution < 1.29 is 119 Å². The van der Waals surface area contributed by atoms with Crippen molar-refractivity contribution in [3.63, 3.8) is 0 Å². The van der Waals surface area contributed by atoms with Gasteiger partial charge in [0.15, 0.2) is 31.1 Å². The Morgan fingerprint density at radius 2 is 1.17 bits per heavy atom. The lowest BCUT2D eigenvalue weighted by Gasteiger charge is -2.73. The molecule has 3 heterocycles. The molecule has 24 heteroatoms. The number of carboxylic acid groups (broad SMARTS) is 1.